The van der Waals surface area contributed by atoms with Crippen LogP contribution < -0.4 is 0 Å². The Morgan fingerprint density at radius 2 is 2.19 bits per heavy atom. The molecule has 1 aromatic rings. The van der Waals surface area contributed by atoms with E-state index in [-0.39, 0.29) is 5.91 Å². The largest absolute Gasteiger partial charge is 0.480 e. The summed E-state index contributed by atoms with van der Waals surface area (Å²) < 4.78 is 0. The van der Waals surface area contributed by atoms with Crippen molar-refractivity contribution < 1.29 is 14.7 Å². The summed E-state index contributed by atoms with van der Waals surface area (Å²) in [6, 6.07) is 6.55. The van der Waals surface area contributed by atoms with Crippen LogP contribution in [0.15, 0.2) is 24.3 Å². The van der Waals surface area contributed by atoms with Crippen molar-refractivity contribution in [2.24, 2.45) is 0 Å². The minimum absolute atomic E-state index is 0.192. The molecule has 0 aromatic heterocycles. The number of amides is 1. The molecule has 1 aliphatic rings. The highest BCUT2D eigenvalue weighted by atomic mass is 16.4. The summed E-state index contributed by atoms with van der Waals surface area (Å²) in [4.78, 5) is 24.2. The first-order valence-electron chi connectivity index (χ1n) is 5.20. The van der Waals surface area contributed by atoms with Gasteiger partial charge in [0.1, 0.15) is 6.04 Å². The van der Waals surface area contributed by atoms with Crippen molar-refractivity contribution in [2.45, 2.75) is 19.4 Å². The first-order chi connectivity index (χ1) is 7.59. The van der Waals surface area contributed by atoms with Crippen LogP contribution in [0, 0.1) is 6.92 Å². The Labute approximate surface area is 93.5 Å². The maximum Gasteiger partial charge on any atom is 0.326 e. The van der Waals surface area contributed by atoms with Gasteiger partial charge in [0.05, 0.1) is 0 Å². The van der Waals surface area contributed by atoms with E-state index >= 15 is 0 Å². The van der Waals surface area contributed by atoms with Gasteiger partial charge < -0.3 is 10.0 Å². The predicted molar refractivity (Wildman–Crippen MR) is 58.3 cm³/mol. The van der Waals surface area contributed by atoms with E-state index in [4.69, 9.17) is 5.11 Å². The molecule has 4 nitrogen and oxygen atoms in total. The minimum atomic E-state index is -0.924. The predicted octanol–water partition coefficient (Wildman–Crippen LogP) is 1.29. The average molecular weight is 219 g/mol. The van der Waals surface area contributed by atoms with E-state index < -0.39 is 12.0 Å². The summed E-state index contributed by atoms with van der Waals surface area (Å²) in [6.07, 6.45) is 0.549. The number of carbonyl (C=O) groups is 2. The lowest BCUT2D eigenvalue weighted by Gasteiger charge is -2.38. The van der Waals surface area contributed by atoms with Crippen LogP contribution in [0.2, 0.25) is 0 Å². The number of carbonyl (C=O) groups excluding carboxylic acids is 1. The van der Waals surface area contributed by atoms with Gasteiger partial charge >= 0.3 is 5.97 Å². The van der Waals surface area contributed by atoms with E-state index in [1.54, 1.807) is 18.2 Å². The summed E-state index contributed by atoms with van der Waals surface area (Å²) in [5.74, 6) is -1.12. The molecule has 16 heavy (non-hydrogen) atoms. The number of aryl methyl sites for hydroxylation is 1. The van der Waals surface area contributed by atoms with Crippen molar-refractivity contribution in [3.63, 3.8) is 0 Å². The van der Waals surface area contributed by atoms with E-state index in [2.05, 4.69) is 0 Å². The Hall–Kier alpha value is -1.84. The van der Waals surface area contributed by atoms with Crippen molar-refractivity contribution in [1.82, 2.24) is 4.90 Å². The summed E-state index contributed by atoms with van der Waals surface area (Å²) in [7, 11) is 0. The van der Waals surface area contributed by atoms with Gasteiger partial charge in [-0.15, -0.1) is 0 Å². The second-order valence-corrected chi connectivity index (χ2v) is 4.01. The van der Waals surface area contributed by atoms with Gasteiger partial charge in [-0.05, 0) is 25.5 Å². The SMILES string of the molecule is Cc1cccc(C(=O)N2CCC2C(=O)O)c1. The van der Waals surface area contributed by atoms with Crippen molar-refractivity contribution >= 4 is 11.9 Å². The zero-order valence-corrected chi connectivity index (χ0v) is 9.01. The zero-order chi connectivity index (χ0) is 11.7. The summed E-state index contributed by atoms with van der Waals surface area (Å²) >= 11 is 0. The molecule has 1 unspecified atom stereocenters. The van der Waals surface area contributed by atoms with E-state index in [1.807, 2.05) is 13.0 Å². The molecular weight excluding hydrogens is 206 g/mol. The molecule has 1 N–H and O–H groups in total. The smallest absolute Gasteiger partial charge is 0.326 e. The average Bonchev–Trinajstić information content (AvgIpc) is 2.14. The third-order valence-corrected chi connectivity index (χ3v) is 2.83. The molecule has 0 aliphatic carbocycles. The summed E-state index contributed by atoms with van der Waals surface area (Å²) in [6.45, 7) is 2.44. The molecule has 4 heteroatoms. The fourth-order valence-electron chi connectivity index (χ4n) is 1.83. The molecule has 1 aliphatic heterocycles. The quantitative estimate of drug-likeness (QED) is 0.815. The Bertz CT molecular complexity index is 442. The van der Waals surface area contributed by atoms with Gasteiger partial charge in [-0.1, -0.05) is 17.7 Å². The highest BCUT2D eigenvalue weighted by molar-refractivity contribution is 5.97. The third-order valence-electron chi connectivity index (χ3n) is 2.83. The van der Waals surface area contributed by atoms with Gasteiger partial charge in [0.15, 0.2) is 0 Å². The Kier molecular flexibility index (Phi) is 2.64. The normalized spacial score (nSPS) is 19.1. The first-order valence-corrected chi connectivity index (χ1v) is 5.20. The van der Waals surface area contributed by atoms with Gasteiger partial charge in [-0.25, -0.2) is 4.79 Å². The number of benzene rings is 1. The Balaban J connectivity index is 2.17. The topological polar surface area (TPSA) is 57.6 Å². The molecule has 1 amide bonds. The van der Waals surface area contributed by atoms with E-state index in [0.717, 1.165) is 5.56 Å². The molecule has 1 aromatic carbocycles. The molecule has 0 saturated carbocycles. The number of hydrogen-bond acceptors (Lipinski definition) is 2. The third kappa shape index (κ3) is 1.78. The van der Waals surface area contributed by atoms with Crippen LogP contribution in [-0.4, -0.2) is 34.5 Å². The highest BCUT2D eigenvalue weighted by Gasteiger charge is 2.37. The molecule has 0 bridgehead atoms. The summed E-state index contributed by atoms with van der Waals surface area (Å²) in [5.41, 5.74) is 1.56. The van der Waals surface area contributed by atoms with Crippen LogP contribution in [0.4, 0.5) is 0 Å². The molecule has 1 atom stereocenters. The molecular formula is C12H13NO3. The lowest BCUT2D eigenvalue weighted by molar-refractivity contribution is -0.146. The highest BCUT2D eigenvalue weighted by Crippen LogP contribution is 2.21. The lowest BCUT2D eigenvalue weighted by atomic mass is 10.0. The van der Waals surface area contributed by atoms with Crippen molar-refractivity contribution in [3.8, 4) is 0 Å². The fourth-order valence-corrected chi connectivity index (χ4v) is 1.83. The van der Waals surface area contributed by atoms with Crippen LogP contribution in [0.1, 0.15) is 22.3 Å². The van der Waals surface area contributed by atoms with Gasteiger partial charge in [-0.2, -0.15) is 0 Å². The molecule has 1 saturated heterocycles. The Morgan fingerprint density at radius 3 is 2.69 bits per heavy atom. The van der Waals surface area contributed by atoms with Gasteiger partial charge in [-0.3, -0.25) is 4.79 Å². The Morgan fingerprint density at radius 1 is 1.44 bits per heavy atom. The number of hydrogen-bond donors (Lipinski definition) is 1. The van der Waals surface area contributed by atoms with Crippen LogP contribution >= 0.6 is 0 Å². The first kappa shape index (κ1) is 10.7. The number of carboxylic acid groups (broad SMARTS) is 1. The van der Waals surface area contributed by atoms with Gasteiger partial charge in [0.25, 0.3) is 5.91 Å². The second kappa shape index (κ2) is 3.96. The fraction of sp³-hybridized carbons (Fsp3) is 0.333. The minimum Gasteiger partial charge on any atom is -0.480 e. The van der Waals surface area contributed by atoms with Crippen LogP contribution in [0.25, 0.3) is 0 Å². The standard InChI is InChI=1S/C12H13NO3/c1-8-3-2-4-9(7-8)11(14)13-6-5-10(13)12(15)16/h2-4,7,10H,5-6H2,1H3,(H,15,16). The summed E-state index contributed by atoms with van der Waals surface area (Å²) in [5, 5.41) is 8.86. The molecule has 1 heterocycles. The van der Waals surface area contributed by atoms with E-state index in [1.165, 1.54) is 4.90 Å². The molecule has 2 rings (SSSR count). The lowest BCUT2D eigenvalue weighted by Crippen LogP contribution is -2.55. The van der Waals surface area contributed by atoms with Gasteiger partial charge in [0, 0.05) is 12.1 Å². The molecule has 1 fully saturated rings. The molecule has 0 spiro atoms. The number of rotatable bonds is 2. The molecule has 0 radical (unpaired) electrons. The van der Waals surface area contributed by atoms with Crippen molar-refractivity contribution in [3.05, 3.63) is 35.4 Å². The number of nitrogens with zero attached hydrogens (tertiary/aromatic N) is 1. The maximum absolute atomic E-state index is 12.0. The van der Waals surface area contributed by atoms with E-state index in [0.29, 0.717) is 18.5 Å². The zero-order valence-electron chi connectivity index (χ0n) is 9.01. The number of aliphatic carboxylic acids is 1. The molecule has 84 valence electrons. The van der Waals surface area contributed by atoms with E-state index in [9.17, 15) is 9.59 Å². The van der Waals surface area contributed by atoms with Crippen molar-refractivity contribution in [2.75, 3.05) is 6.54 Å². The van der Waals surface area contributed by atoms with Crippen molar-refractivity contribution in [1.29, 1.82) is 0 Å². The number of likely N-dealkylation sites (tertiary alicyclic amines) is 1. The number of carboxylic acids is 1. The van der Waals surface area contributed by atoms with Crippen LogP contribution in [-0.2, 0) is 4.79 Å². The monoisotopic (exact) mass is 219 g/mol. The van der Waals surface area contributed by atoms with Crippen LogP contribution in [0.3, 0.4) is 0 Å². The van der Waals surface area contributed by atoms with Crippen LogP contribution in [0.5, 0.6) is 0 Å². The second-order valence-electron chi connectivity index (χ2n) is 4.01. The maximum atomic E-state index is 12.0. The van der Waals surface area contributed by atoms with Gasteiger partial charge in [0.2, 0.25) is 0 Å².